The molecule has 1 aromatic rings. The van der Waals surface area contributed by atoms with Crippen molar-refractivity contribution >= 4 is 11.9 Å². The van der Waals surface area contributed by atoms with Crippen LogP contribution in [0.15, 0.2) is 24.3 Å². The second-order valence-corrected chi connectivity index (χ2v) is 4.37. The van der Waals surface area contributed by atoms with Crippen molar-refractivity contribution in [3.8, 4) is 0 Å². The number of nitrogens with one attached hydrogen (secondary N) is 2. The van der Waals surface area contributed by atoms with Gasteiger partial charge >= 0.3 is 6.03 Å². The summed E-state index contributed by atoms with van der Waals surface area (Å²) in [5, 5.41) is 5.48. The number of carbonyl (C=O) groups excluding carboxylic acids is 2. The number of rotatable bonds is 5. The second-order valence-electron chi connectivity index (χ2n) is 4.37. The Morgan fingerprint density at radius 3 is 2.67 bits per heavy atom. The quantitative estimate of drug-likeness (QED) is 0.728. The Morgan fingerprint density at radius 2 is 2.06 bits per heavy atom. The average molecular weight is 249 g/mol. The van der Waals surface area contributed by atoms with Crippen molar-refractivity contribution in [2.24, 2.45) is 5.73 Å². The van der Waals surface area contributed by atoms with Crippen LogP contribution in [0.2, 0.25) is 0 Å². The van der Waals surface area contributed by atoms with Gasteiger partial charge in [0.05, 0.1) is 0 Å². The van der Waals surface area contributed by atoms with Crippen molar-refractivity contribution in [1.29, 1.82) is 0 Å². The zero-order valence-corrected chi connectivity index (χ0v) is 10.7. The van der Waals surface area contributed by atoms with E-state index >= 15 is 0 Å². The van der Waals surface area contributed by atoms with Crippen LogP contribution in [0, 0.1) is 0 Å². The molecule has 3 amide bonds. The van der Waals surface area contributed by atoms with Gasteiger partial charge in [0, 0.05) is 18.2 Å². The highest BCUT2D eigenvalue weighted by atomic mass is 16.2. The van der Waals surface area contributed by atoms with Gasteiger partial charge in [0.25, 0.3) is 0 Å². The maximum atomic E-state index is 11.3. The first-order chi connectivity index (χ1) is 8.49. The van der Waals surface area contributed by atoms with E-state index in [4.69, 9.17) is 5.73 Å². The first-order valence-corrected chi connectivity index (χ1v) is 5.92. The number of urea groups is 1. The third kappa shape index (κ3) is 4.86. The number of nitrogens with two attached hydrogens (primary N) is 1. The first-order valence-electron chi connectivity index (χ1n) is 5.92. The van der Waals surface area contributed by atoms with Crippen LogP contribution in [0.4, 0.5) is 4.79 Å². The van der Waals surface area contributed by atoms with Crippen LogP contribution in [-0.2, 0) is 6.42 Å². The van der Waals surface area contributed by atoms with Gasteiger partial charge in [-0.05, 0) is 38.0 Å². The molecule has 0 bridgehead atoms. The van der Waals surface area contributed by atoms with E-state index in [1.54, 1.807) is 18.2 Å². The predicted molar refractivity (Wildman–Crippen MR) is 70.3 cm³/mol. The molecule has 18 heavy (non-hydrogen) atoms. The van der Waals surface area contributed by atoms with E-state index in [2.05, 4.69) is 10.6 Å². The minimum absolute atomic E-state index is 0.114. The Kier molecular flexibility index (Phi) is 5.17. The molecule has 4 N–H and O–H groups in total. The van der Waals surface area contributed by atoms with E-state index in [1.165, 1.54) is 0 Å². The van der Waals surface area contributed by atoms with E-state index in [0.29, 0.717) is 18.5 Å². The van der Waals surface area contributed by atoms with Crippen LogP contribution >= 0.6 is 0 Å². The van der Waals surface area contributed by atoms with Crippen LogP contribution in [0.1, 0.15) is 29.8 Å². The Hall–Kier alpha value is -2.04. The molecular formula is C13H19N3O2. The number of hydrogen-bond donors (Lipinski definition) is 3. The van der Waals surface area contributed by atoms with Gasteiger partial charge in [-0.15, -0.1) is 0 Å². The molecule has 1 rings (SSSR count). The highest BCUT2D eigenvalue weighted by Gasteiger charge is 2.03. The lowest BCUT2D eigenvalue weighted by atomic mass is 10.1. The number of benzene rings is 1. The Bertz CT molecular complexity index is 430. The summed E-state index contributed by atoms with van der Waals surface area (Å²) >= 11 is 0. The van der Waals surface area contributed by atoms with Crippen LogP contribution in [0.5, 0.6) is 0 Å². The fraction of sp³-hybridized carbons (Fsp3) is 0.385. The molecule has 0 aliphatic carbocycles. The standard InChI is InChI=1S/C13H19N3O2/c1-9(2)16-13(18)15-7-6-10-4-3-5-11(8-10)12(14)17/h3-5,8-9H,6-7H2,1-2H3,(H2,14,17)(H2,15,16,18). The number of primary amides is 1. The number of carbonyl (C=O) groups is 2. The predicted octanol–water partition coefficient (Wildman–Crippen LogP) is 1.04. The Balaban J connectivity index is 2.42. The molecule has 0 saturated heterocycles. The molecule has 1 aromatic carbocycles. The molecule has 5 heteroatoms. The molecule has 0 unspecified atom stereocenters. The van der Waals surface area contributed by atoms with E-state index in [9.17, 15) is 9.59 Å². The topological polar surface area (TPSA) is 84.2 Å². The lowest BCUT2D eigenvalue weighted by Gasteiger charge is -2.10. The molecule has 0 aromatic heterocycles. The normalized spacial score (nSPS) is 10.2. The molecule has 0 heterocycles. The van der Waals surface area contributed by atoms with Crippen molar-refractivity contribution in [3.05, 3.63) is 35.4 Å². The molecular weight excluding hydrogens is 230 g/mol. The van der Waals surface area contributed by atoms with E-state index < -0.39 is 5.91 Å². The molecule has 0 aliphatic rings. The Labute approximate surface area is 107 Å². The highest BCUT2D eigenvalue weighted by molar-refractivity contribution is 5.92. The third-order valence-electron chi connectivity index (χ3n) is 2.33. The smallest absolute Gasteiger partial charge is 0.314 e. The van der Waals surface area contributed by atoms with Gasteiger partial charge in [-0.3, -0.25) is 4.79 Å². The minimum Gasteiger partial charge on any atom is -0.366 e. The largest absolute Gasteiger partial charge is 0.366 e. The van der Waals surface area contributed by atoms with Gasteiger partial charge in [0.2, 0.25) is 5.91 Å². The molecule has 0 atom stereocenters. The van der Waals surface area contributed by atoms with Gasteiger partial charge in [-0.2, -0.15) is 0 Å². The van der Waals surface area contributed by atoms with Crippen molar-refractivity contribution < 1.29 is 9.59 Å². The molecule has 98 valence electrons. The maximum absolute atomic E-state index is 11.3. The zero-order valence-electron chi connectivity index (χ0n) is 10.7. The SMILES string of the molecule is CC(C)NC(=O)NCCc1cccc(C(N)=O)c1. The molecule has 0 fully saturated rings. The summed E-state index contributed by atoms with van der Waals surface area (Å²) < 4.78 is 0. The van der Waals surface area contributed by atoms with Crippen molar-refractivity contribution in [1.82, 2.24) is 10.6 Å². The summed E-state index contributed by atoms with van der Waals surface area (Å²) in [6.45, 7) is 4.31. The molecule has 5 nitrogen and oxygen atoms in total. The second kappa shape index (κ2) is 6.64. The fourth-order valence-electron chi connectivity index (χ4n) is 1.51. The van der Waals surface area contributed by atoms with Crippen molar-refractivity contribution in [2.45, 2.75) is 26.3 Å². The first kappa shape index (κ1) is 14.0. The third-order valence-corrected chi connectivity index (χ3v) is 2.33. The lowest BCUT2D eigenvalue weighted by Crippen LogP contribution is -2.40. The number of amides is 3. The van der Waals surface area contributed by atoms with Crippen LogP contribution in [0.25, 0.3) is 0 Å². The summed E-state index contributed by atoms with van der Waals surface area (Å²) in [6.07, 6.45) is 0.659. The van der Waals surface area contributed by atoms with Gasteiger partial charge in [-0.25, -0.2) is 4.79 Å². The van der Waals surface area contributed by atoms with Gasteiger partial charge in [-0.1, -0.05) is 12.1 Å². The van der Waals surface area contributed by atoms with Crippen molar-refractivity contribution in [2.75, 3.05) is 6.54 Å². The maximum Gasteiger partial charge on any atom is 0.314 e. The summed E-state index contributed by atoms with van der Waals surface area (Å²) in [6, 6.07) is 7.02. The number of hydrogen-bond acceptors (Lipinski definition) is 2. The molecule has 0 aliphatic heterocycles. The van der Waals surface area contributed by atoms with Gasteiger partial charge in [0.15, 0.2) is 0 Å². The molecule has 0 spiro atoms. The summed E-state index contributed by atoms with van der Waals surface area (Å²) in [7, 11) is 0. The van der Waals surface area contributed by atoms with Gasteiger partial charge in [0.1, 0.15) is 0 Å². The van der Waals surface area contributed by atoms with E-state index in [1.807, 2.05) is 19.9 Å². The van der Waals surface area contributed by atoms with E-state index in [0.717, 1.165) is 5.56 Å². The van der Waals surface area contributed by atoms with Crippen LogP contribution in [0.3, 0.4) is 0 Å². The van der Waals surface area contributed by atoms with Gasteiger partial charge < -0.3 is 16.4 Å². The minimum atomic E-state index is -0.442. The van der Waals surface area contributed by atoms with Crippen LogP contribution in [-0.4, -0.2) is 24.5 Å². The van der Waals surface area contributed by atoms with E-state index in [-0.39, 0.29) is 12.1 Å². The Morgan fingerprint density at radius 1 is 1.33 bits per heavy atom. The highest BCUT2D eigenvalue weighted by Crippen LogP contribution is 2.04. The zero-order chi connectivity index (χ0) is 13.5. The summed E-state index contributed by atoms with van der Waals surface area (Å²) in [5.74, 6) is -0.442. The van der Waals surface area contributed by atoms with Crippen LogP contribution < -0.4 is 16.4 Å². The molecule has 0 radical (unpaired) electrons. The molecule has 0 saturated carbocycles. The summed E-state index contributed by atoms with van der Waals surface area (Å²) in [4.78, 5) is 22.3. The van der Waals surface area contributed by atoms with Crippen molar-refractivity contribution in [3.63, 3.8) is 0 Å². The monoisotopic (exact) mass is 249 g/mol. The summed E-state index contributed by atoms with van der Waals surface area (Å²) in [5.41, 5.74) is 6.65. The fourth-order valence-corrected chi connectivity index (χ4v) is 1.51. The average Bonchev–Trinajstić information content (AvgIpc) is 2.28. The lowest BCUT2D eigenvalue weighted by molar-refractivity contribution is 0.1000.